The van der Waals surface area contributed by atoms with Gasteiger partial charge in [-0.1, -0.05) is 25.1 Å². The van der Waals surface area contributed by atoms with Crippen LogP contribution in [0.1, 0.15) is 24.1 Å². The number of carbonyl (C=O) groups excluding carboxylic acids is 2. The highest BCUT2D eigenvalue weighted by atomic mass is 16.2. The molecule has 1 aliphatic heterocycles. The molecule has 2 heterocycles. The second-order valence-electron chi connectivity index (χ2n) is 7.36. The Morgan fingerprint density at radius 1 is 1.07 bits per heavy atom. The van der Waals surface area contributed by atoms with Gasteiger partial charge in [0.15, 0.2) is 0 Å². The largest absolute Gasteiger partial charge is 0.346 e. The number of amides is 2. The summed E-state index contributed by atoms with van der Waals surface area (Å²) < 4.78 is 0. The molecule has 2 aromatic rings. The first kappa shape index (κ1) is 21.0. The Morgan fingerprint density at radius 3 is 2.41 bits per heavy atom. The number of nitrogens with one attached hydrogen (secondary N) is 2. The molecule has 0 aliphatic carbocycles. The van der Waals surface area contributed by atoms with Crippen LogP contribution in [0.4, 0.5) is 5.69 Å². The number of pyridine rings is 1. The fourth-order valence-corrected chi connectivity index (χ4v) is 3.45. The van der Waals surface area contributed by atoms with E-state index < -0.39 is 11.8 Å². The molecule has 7 nitrogen and oxygen atoms in total. The molecule has 2 N–H and O–H groups in total. The maximum absolute atomic E-state index is 12.4. The molecule has 0 radical (unpaired) electrons. The van der Waals surface area contributed by atoms with Crippen LogP contribution in [0.25, 0.3) is 0 Å². The molecule has 1 atom stereocenters. The van der Waals surface area contributed by atoms with E-state index in [9.17, 15) is 9.59 Å². The SMILES string of the molecule is CCc1ccc(NC(=O)C(=O)NC[C@H](c2cccnc2)N2CCN(C)CC2)cc1. The van der Waals surface area contributed by atoms with E-state index in [4.69, 9.17) is 0 Å². The van der Waals surface area contributed by atoms with Gasteiger partial charge >= 0.3 is 11.8 Å². The molecule has 0 spiro atoms. The second-order valence-corrected chi connectivity index (χ2v) is 7.36. The van der Waals surface area contributed by atoms with Crippen molar-refractivity contribution in [1.82, 2.24) is 20.1 Å². The third-order valence-electron chi connectivity index (χ3n) is 5.33. The van der Waals surface area contributed by atoms with Crippen LogP contribution in [0.15, 0.2) is 48.8 Å². The lowest BCUT2D eigenvalue weighted by atomic mass is 10.1. The van der Waals surface area contributed by atoms with Crippen molar-refractivity contribution in [3.63, 3.8) is 0 Å². The van der Waals surface area contributed by atoms with Crippen LogP contribution in [0.5, 0.6) is 0 Å². The lowest BCUT2D eigenvalue weighted by molar-refractivity contribution is -0.136. The van der Waals surface area contributed by atoms with Crippen molar-refractivity contribution < 1.29 is 9.59 Å². The first-order valence-electron chi connectivity index (χ1n) is 10.1. The van der Waals surface area contributed by atoms with Gasteiger partial charge in [-0.15, -0.1) is 0 Å². The number of nitrogens with zero attached hydrogens (tertiary/aromatic N) is 3. The molecule has 0 unspecified atom stereocenters. The number of piperazine rings is 1. The van der Waals surface area contributed by atoms with Gasteiger partial charge in [-0.25, -0.2) is 0 Å². The molecule has 1 saturated heterocycles. The van der Waals surface area contributed by atoms with Crippen LogP contribution in [-0.4, -0.2) is 66.4 Å². The topological polar surface area (TPSA) is 77.6 Å². The number of rotatable bonds is 6. The molecule has 1 aromatic carbocycles. The minimum atomic E-state index is -0.655. The normalized spacial score (nSPS) is 16.2. The molecule has 29 heavy (non-hydrogen) atoms. The van der Waals surface area contributed by atoms with Crippen molar-refractivity contribution in [2.24, 2.45) is 0 Å². The number of carbonyl (C=O) groups is 2. The Hall–Kier alpha value is -2.77. The van der Waals surface area contributed by atoms with Crippen molar-refractivity contribution in [1.29, 1.82) is 0 Å². The predicted molar refractivity (Wildman–Crippen MR) is 114 cm³/mol. The highest BCUT2D eigenvalue weighted by molar-refractivity contribution is 6.39. The van der Waals surface area contributed by atoms with Crippen LogP contribution < -0.4 is 10.6 Å². The average Bonchev–Trinajstić information content (AvgIpc) is 2.76. The third-order valence-corrected chi connectivity index (χ3v) is 5.33. The maximum Gasteiger partial charge on any atom is 0.313 e. The van der Waals surface area contributed by atoms with Gasteiger partial charge in [0, 0.05) is 50.8 Å². The fraction of sp³-hybridized carbons (Fsp3) is 0.409. The van der Waals surface area contributed by atoms with E-state index in [1.54, 1.807) is 6.20 Å². The number of benzene rings is 1. The summed E-state index contributed by atoms with van der Waals surface area (Å²) in [6, 6.07) is 11.4. The maximum atomic E-state index is 12.4. The zero-order valence-corrected chi connectivity index (χ0v) is 17.1. The molecule has 154 valence electrons. The van der Waals surface area contributed by atoms with E-state index in [1.807, 2.05) is 42.6 Å². The third kappa shape index (κ3) is 5.85. The minimum absolute atomic E-state index is 0.0158. The van der Waals surface area contributed by atoms with Crippen molar-refractivity contribution in [2.45, 2.75) is 19.4 Å². The number of aromatic nitrogens is 1. The van der Waals surface area contributed by atoms with E-state index in [0.29, 0.717) is 12.2 Å². The van der Waals surface area contributed by atoms with E-state index in [1.165, 1.54) is 5.56 Å². The van der Waals surface area contributed by atoms with Crippen molar-refractivity contribution in [3.05, 3.63) is 59.9 Å². The number of anilines is 1. The Labute approximate surface area is 172 Å². The van der Waals surface area contributed by atoms with Gasteiger partial charge in [-0.2, -0.15) is 0 Å². The lowest BCUT2D eigenvalue weighted by Crippen LogP contribution is -2.49. The van der Waals surface area contributed by atoms with Gasteiger partial charge in [0.1, 0.15) is 0 Å². The smallest absolute Gasteiger partial charge is 0.313 e. The number of likely N-dealkylation sites (N-methyl/N-ethyl adjacent to an activating group) is 1. The fourth-order valence-electron chi connectivity index (χ4n) is 3.45. The zero-order valence-electron chi connectivity index (χ0n) is 17.1. The summed E-state index contributed by atoms with van der Waals surface area (Å²) in [7, 11) is 2.11. The Kier molecular flexibility index (Phi) is 7.32. The van der Waals surface area contributed by atoms with Gasteiger partial charge in [0.25, 0.3) is 0 Å². The molecule has 1 aromatic heterocycles. The Morgan fingerprint density at radius 2 is 1.79 bits per heavy atom. The molecule has 0 saturated carbocycles. The van der Waals surface area contributed by atoms with Crippen LogP contribution in [-0.2, 0) is 16.0 Å². The standard InChI is InChI=1S/C22H29N5O2/c1-3-17-6-8-19(9-7-17)25-22(29)21(28)24-16-20(18-5-4-10-23-15-18)27-13-11-26(2)12-14-27/h4-10,15,20H,3,11-14,16H2,1-2H3,(H,24,28)(H,25,29)/t20-/m1/s1. The van der Waals surface area contributed by atoms with Gasteiger partial charge in [-0.3, -0.25) is 19.5 Å². The molecular formula is C22H29N5O2. The second kappa shape index (κ2) is 10.1. The summed E-state index contributed by atoms with van der Waals surface area (Å²) in [5.74, 6) is -1.29. The molecule has 7 heteroatoms. The monoisotopic (exact) mass is 395 g/mol. The molecule has 3 rings (SSSR count). The predicted octanol–water partition coefficient (Wildman–Crippen LogP) is 1.69. The number of aryl methyl sites for hydroxylation is 1. The van der Waals surface area contributed by atoms with Crippen molar-refractivity contribution in [2.75, 3.05) is 45.1 Å². The molecule has 2 amide bonds. The van der Waals surface area contributed by atoms with Crippen LogP contribution in [0.2, 0.25) is 0 Å². The van der Waals surface area contributed by atoms with E-state index in [-0.39, 0.29) is 6.04 Å². The van der Waals surface area contributed by atoms with E-state index in [0.717, 1.165) is 38.2 Å². The quantitative estimate of drug-likeness (QED) is 0.728. The zero-order chi connectivity index (χ0) is 20.6. The van der Waals surface area contributed by atoms with Crippen LogP contribution >= 0.6 is 0 Å². The Balaban J connectivity index is 1.60. The molecule has 1 fully saturated rings. The first-order chi connectivity index (χ1) is 14.1. The summed E-state index contributed by atoms with van der Waals surface area (Å²) in [5, 5.41) is 5.46. The van der Waals surface area contributed by atoms with Crippen LogP contribution in [0, 0.1) is 0 Å². The van der Waals surface area contributed by atoms with Crippen molar-refractivity contribution >= 4 is 17.5 Å². The van der Waals surface area contributed by atoms with Gasteiger partial charge in [0.05, 0.1) is 6.04 Å². The van der Waals surface area contributed by atoms with Crippen LogP contribution in [0.3, 0.4) is 0 Å². The van der Waals surface area contributed by atoms with Gasteiger partial charge in [0.2, 0.25) is 0 Å². The van der Waals surface area contributed by atoms with Gasteiger partial charge < -0.3 is 15.5 Å². The first-order valence-corrected chi connectivity index (χ1v) is 10.1. The van der Waals surface area contributed by atoms with Crippen molar-refractivity contribution in [3.8, 4) is 0 Å². The summed E-state index contributed by atoms with van der Waals surface area (Å²) in [4.78, 5) is 33.5. The highest BCUT2D eigenvalue weighted by Crippen LogP contribution is 2.20. The average molecular weight is 396 g/mol. The Bertz CT molecular complexity index is 802. The summed E-state index contributed by atoms with van der Waals surface area (Å²) in [6.07, 6.45) is 4.49. The summed E-state index contributed by atoms with van der Waals surface area (Å²) >= 11 is 0. The molecule has 1 aliphatic rings. The van der Waals surface area contributed by atoms with E-state index in [2.05, 4.69) is 39.4 Å². The van der Waals surface area contributed by atoms with E-state index >= 15 is 0 Å². The minimum Gasteiger partial charge on any atom is -0.346 e. The number of hydrogen-bond acceptors (Lipinski definition) is 5. The lowest BCUT2D eigenvalue weighted by Gasteiger charge is -2.38. The number of hydrogen-bond donors (Lipinski definition) is 2. The molecular weight excluding hydrogens is 366 g/mol. The molecule has 0 bridgehead atoms. The summed E-state index contributed by atoms with van der Waals surface area (Å²) in [5.41, 5.74) is 2.83. The van der Waals surface area contributed by atoms with Gasteiger partial charge in [-0.05, 0) is 42.8 Å². The highest BCUT2D eigenvalue weighted by Gasteiger charge is 2.25. The summed E-state index contributed by atoms with van der Waals surface area (Å²) in [6.45, 7) is 6.18.